The highest BCUT2D eigenvalue weighted by Gasteiger charge is 2.32. The summed E-state index contributed by atoms with van der Waals surface area (Å²) < 4.78 is 16.2. The van der Waals surface area contributed by atoms with Crippen molar-refractivity contribution in [1.82, 2.24) is 9.97 Å². The number of carbonyl (C=O) groups is 1. The number of fused-ring (bicyclic) bond motifs is 4. The van der Waals surface area contributed by atoms with E-state index in [9.17, 15) is 14.9 Å². The summed E-state index contributed by atoms with van der Waals surface area (Å²) in [6, 6.07) is 7.15. The van der Waals surface area contributed by atoms with Crippen molar-refractivity contribution in [2.75, 3.05) is 37.0 Å². The fraction of sp³-hybridized carbons (Fsp3) is 0.316. The quantitative estimate of drug-likeness (QED) is 0.444. The van der Waals surface area contributed by atoms with E-state index in [2.05, 4.69) is 9.97 Å². The maximum atomic E-state index is 12.6. The zero-order valence-corrected chi connectivity index (χ0v) is 16.3. The zero-order chi connectivity index (χ0) is 21.5. The first-order chi connectivity index (χ1) is 14.5. The van der Waals surface area contributed by atoms with Crippen LogP contribution in [0.15, 0.2) is 36.4 Å². The molecule has 1 aromatic heterocycles. The Kier molecular flexibility index (Phi) is 6.63. The average molecular weight is 415 g/mol. The van der Waals surface area contributed by atoms with Gasteiger partial charge in [0.15, 0.2) is 0 Å². The maximum Gasteiger partial charge on any atom is 0.415 e. The van der Waals surface area contributed by atoms with Crippen LogP contribution in [0.25, 0.3) is 0 Å². The number of rotatable bonds is 2. The molecule has 1 aliphatic heterocycles. The third-order valence-corrected chi connectivity index (χ3v) is 4.14. The number of hydrogen-bond acceptors (Lipinski definition) is 9. The van der Waals surface area contributed by atoms with Gasteiger partial charge in [0.05, 0.1) is 11.5 Å². The van der Waals surface area contributed by atoms with Crippen molar-refractivity contribution in [3.8, 4) is 11.8 Å². The molecule has 1 amide bonds. The van der Waals surface area contributed by atoms with E-state index in [1.54, 1.807) is 19.1 Å². The molecule has 2 aromatic rings. The number of hydrogen-bond donors (Lipinski definition) is 1. The second-order valence-corrected chi connectivity index (χ2v) is 6.16. The molecule has 4 bridgehead atoms. The SMILES string of the molecule is CCOC(=O)N1CCc2cccc(c2)OC/C=C/COc2nc(N)c([N+](=O)[O-])c1n2. The van der Waals surface area contributed by atoms with Crippen molar-refractivity contribution >= 4 is 23.4 Å². The van der Waals surface area contributed by atoms with Gasteiger partial charge in [-0.3, -0.25) is 15.0 Å². The first kappa shape index (κ1) is 20.8. The van der Waals surface area contributed by atoms with Gasteiger partial charge in [-0.2, -0.15) is 9.97 Å². The monoisotopic (exact) mass is 415 g/mol. The summed E-state index contributed by atoms with van der Waals surface area (Å²) in [6.07, 6.45) is 3.02. The van der Waals surface area contributed by atoms with Crippen molar-refractivity contribution in [3.05, 3.63) is 52.1 Å². The Labute approximate surface area is 172 Å². The highest BCUT2D eigenvalue weighted by atomic mass is 16.6. The van der Waals surface area contributed by atoms with Crippen LogP contribution in [0.5, 0.6) is 11.8 Å². The van der Waals surface area contributed by atoms with E-state index < -0.39 is 22.5 Å². The maximum absolute atomic E-state index is 12.6. The van der Waals surface area contributed by atoms with Crippen LogP contribution in [0.4, 0.5) is 22.1 Å². The minimum Gasteiger partial charge on any atom is -0.490 e. The summed E-state index contributed by atoms with van der Waals surface area (Å²) in [5.74, 6) is -0.0358. The minimum absolute atomic E-state index is 0.0528. The van der Waals surface area contributed by atoms with Gasteiger partial charge in [-0.25, -0.2) is 4.79 Å². The molecule has 2 heterocycles. The summed E-state index contributed by atoms with van der Waals surface area (Å²) in [6.45, 7) is 2.18. The van der Waals surface area contributed by atoms with E-state index in [0.29, 0.717) is 18.8 Å². The number of amides is 1. The van der Waals surface area contributed by atoms with E-state index in [0.717, 1.165) is 10.5 Å². The van der Waals surface area contributed by atoms with Gasteiger partial charge in [0.1, 0.15) is 19.0 Å². The second-order valence-electron chi connectivity index (χ2n) is 6.16. The van der Waals surface area contributed by atoms with Crippen LogP contribution in [0.1, 0.15) is 12.5 Å². The molecule has 2 N–H and O–H groups in total. The summed E-state index contributed by atoms with van der Waals surface area (Å²) in [4.78, 5) is 32.5. The van der Waals surface area contributed by atoms with Crippen LogP contribution in [0.2, 0.25) is 0 Å². The Morgan fingerprint density at radius 2 is 2.07 bits per heavy atom. The topological polar surface area (TPSA) is 143 Å². The Hall–Kier alpha value is -3.89. The number of nitrogen functional groups attached to an aromatic ring is 1. The van der Waals surface area contributed by atoms with Gasteiger partial charge in [-0.05, 0) is 43.2 Å². The Morgan fingerprint density at radius 1 is 1.30 bits per heavy atom. The molecule has 0 radical (unpaired) electrons. The van der Waals surface area contributed by atoms with E-state index in [-0.39, 0.29) is 31.6 Å². The second kappa shape index (κ2) is 9.54. The number of anilines is 2. The van der Waals surface area contributed by atoms with E-state index in [4.69, 9.17) is 19.9 Å². The molecule has 0 unspecified atom stereocenters. The lowest BCUT2D eigenvalue weighted by Gasteiger charge is -2.21. The molecule has 30 heavy (non-hydrogen) atoms. The van der Waals surface area contributed by atoms with Crippen molar-refractivity contribution in [2.45, 2.75) is 13.3 Å². The Bertz CT molecular complexity index is 964. The highest BCUT2D eigenvalue weighted by molar-refractivity contribution is 5.90. The normalized spacial score (nSPS) is 15.0. The Balaban J connectivity index is 2.08. The number of benzene rings is 1. The summed E-state index contributed by atoms with van der Waals surface area (Å²) in [7, 11) is 0. The molecule has 0 saturated carbocycles. The predicted octanol–water partition coefficient (Wildman–Crippen LogP) is 2.50. The van der Waals surface area contributed by atoms with Gasteiger partial charge in [0.25, 0.3) is 0 Å². The molecule has 0 fully saturated rings. The first-order valence-corrected chi connectivity index (χ1v) is 9.25. The van der Waals surface area contributed by atoms with Gasteiger partial charge in [0, 0.05) is 6.54 Å². The molecule has 3 rings (SSSR count). The fourth-order valence-corrected chi connectivity index (χ4v) is 2.79. The van der Waals surface area contributed by atoms with Gasteiger partial charge in [0.2, 0.25) is 11.6 Å². The zero-order valence-electron chi connectivity index (χ0n) is 16.3. The lowest BCUT2D eigenvalue weighted by atomic mass is 10.1. The van der Waals surface area contributed by atoms with Crippen molar-refractivity contribution in [1.29, 1.82) is 0 Å². The molecule has 0 saturated heterocycles. The first-order valence-electron chi connectivity index (χ1n) is 9.25. The predicted molar refractivity (Wildman–Crippen MR) is 108 cm³/mol. The molecule has 0 atom stereocenters. The summed E-state index contributed by atoms with van der Waals surface area (Å²) in [5, 5.41) is 11.6. The Morgan fingerprint density at radius 3 is 2.80 bits per heavy atom. The smallest absolute Gasteiger partial charge is 0.415 e. The molecule has 1 aliphatic rings. The lowest BCUT2D eigenvalue weighted by Crippen LogP contribution is -2.35. The molecule has 1 aromatic carbocycles. The van der Waals surface area contributed by atoms with Crippen LogP contribution < -0.4 is 20.1 Å². The standard InChI is InChI=1S/C19H21N5O6/c1-2-28-19(25)23-9-8-13-6-5-7-14(12-13)29-10-3-4-11-30-18-21-16(20)15(24(26)27)17(23)22-18/h3-7,12H,2,8-11H2,1H3,(H2,20,21,22)/b4-3+. The van der Waals surface area contributed by atoms with Crippen molar-refractivity contribution in [3.63, 3.8) is 0 Å². The number of nitrogens with zero attached hydrogens (tertiary/aromatic N) is 4. The third-order valence-electron chi connectivity index (χ3n) is 4.14. The molecule has 0 spiro atoms. The van der Waals surface area contributed by atoms with Crippen LogP contribution >= 0.6 is 0 Å². The lowest BCUT2D eigenvalue weighted by molar-refractivity contribution is -0.383. The molecular formula is C19H21N5O6. The number of nitrogens with two attached hydrogens (primary N) is 1. The number of carbonyl (C=O) groups excluding carboxylic acids is 1. The number of nitro groups is 1. The van der Waals surface area contributed by atoms with Crippen LogP contribution in [0, 0.1) is 10.1 Å². The van der Waals surface area contributed by atoms with E-state index in [1.165, 1.54) is 0 Å². The molecule has 158 valence electrons. The summed E-state index contributed by atoms with van der Waals surface area (Å²) in [5.41, 5.74) is 6.06. The molecule has 11 heteroatoms. The van der Waals surface area contributed by atoms with E-state index in [1.807, 2.05) is 24.3 Å². The largest absolute Gasteiger partial charge is 0.490 e. The van der Waals surface area contributed by atoms with E-state index >= 15 is 0 Å². The molecule has 11 nitrogen and oxygen atoms in total. The molecular weight excluding hydrogens is 394 g/mol. The van der Waals surface area contributed by atoms with Gasteiger partial charge in [-0.15, -0.1) is 0 Å². The van der Waals surface area contributed by atoms with Crippen LogP contribution in [-0.2, 0) is 11.2 Å². The average Bonchev–Trinajstić information content (AvgIpc) is 2.70. The van der Waals surface area contributed by atoms with Crippen molar-refractivity contribution < 1.29 is 23.9 Å². The number of aromatic nitrogens is 2. The third kappa shape index (κ3) is 4.93. The summed E-state index contributed by atoms with van der Waals surface area (Å²) >= 11 is 0. The number of ether oxygens (including phenoxy) is 3. The van der Waals surface area contributed by atoms with Gasteiger partial charge in [-0.1, -0.05) is 12.1 Å². The van der Waals surface area contributed by atoms with Crippen molar-refractivity contribution in [2.24, 2.45) is 0 Å². The van der Waals surface area contributed by atoms with Gasteiger partial charge < -0.3 is 19.9 Å². The van der Waals surface area contributed by atoms with Crippen LogP contribution in [0.3, 0.4) is 0 Å². The minimum atomic E-state index is -0.790. The van der Waals surface area contributed by atoms with Crippen LogP contribution in [-0.4, -0.2) is 47.3 Å². The van der Waals surface area contributed by atoms with Gasteiger partial charge >= 0.3 is 17.8 Å². The molecule has 0 aliphatic carbocycles. The highest BCUT2D eigenvalue weighted by Crippen LogP contribution is 2.33. The fourth-order valence-electron chi connectivity index (χ4n) is 2.79.